The fourth-order valence-corrected chi connectivity index (χ4v) is 1.31. The maximum atomic E-state index is 9.20. The van der Waals surface area contributed by atoms with Gasteiger partial charge >= 0.3 is 0 Å². The van der Waals surface area contributed by atoms with Crippen molar-refractivity contribution in [3.05, 3.63) is 30.2 Å². The van der Waals surface area contributed by atoms with Crippen LogP contribution >= 0.6 is 0 Å². The number of rotatable bonds is 3. The predicted octanol–water partition coefficient (Wildman–Crippen LogP) is 1.90. The van der Waals surface area contributed by atoms with E-state index in [1.165, 1.54) is 0 Å². The van der Waals surface area contributed by atoms with Gasteiger partial charge < -0.3 is 14.9 Å². The van der Waals surface area contributed by atoms with Crippen molar-refractivity contribution in [1.29, 1.82) is 0 Å². The third kappa shape index (κ3) is 2.29. The van der Waals surface area contributed by atoms with E-state index in [0.717, 1.165) is 5.56 Å². The fraction of sp³-hybridized carbons (Fsp3) is 0.333. The second kappa shape index (κ2) is 4.18. The van der Waals surface area contributed by atoms with Crippen LogP contribution < -0.4 is 5.32 Å². The van der Waals surface area contributed by atoms with Crippen LogP contribution in [0, 0.1) is 0 Å². The van der Waals surface area contributed by atoms with Crippen LogP contribution in [-0.4, -0.2) is 22.3 Å². The Morgan fingerprint density at radius 2 is 1.88 bits per heavy atom. The van der Waals surface area contributed by atoms with Crippen LogP contribution in [0.4, 0.5) is 0 Å². The first-order valence-corrected chi connectivity index (χ1v) is 5.35. The highest BCUT2D eigenvalue weighted by Gasteiger charge is 2.25. The van der Waals surface area contributed by atoms with Gasteiger partial charge in [-0.1, -0.05) is 5.16 Å². The molecule has 1 aromatic heterocycles. The molecule has 5 nitrogen and oxygen atoms in total. The third-order valence-electron chi connectivity index (χ3n) is 2.71. The van der Waals surface area contributed by atoms with Crippen LogP contribution in [0.3, 0.4) is 0 Å². The summed E-state index contributed by atoms with van der Waals surface area (Å²) >= 11 is 0. The van der Waals surface area contributed by atoms with Crippen LogP contribution in [0.5, 0.6) is 5.75 Å². The zero-order chi connectivity index (χ0) is 12.5. The molecule has 0 atom stereocenters. The first-order valence-electron chi connectivity index (χ1n) is 5.35. The van der Waals surface area contributed by atoms with Gasteiger partial charge in [-0.05, 0) is 45.2 Å². The third-order valence-corrected chi connectivity index (χ3v) is 2.71. The zero-order valence-corrected chi connectivity index (χ0v) is 10.1. The van der Waals surface area contributed by atoms with Gasteiger partial charge in [0.1, 0.15) is 5.75 Å². The summed E-state index contributed by atoms with van der Waals surface area (Å²) in [4.78, 5) is 4.33. The van der Waals surface area contributed by atoms with Crippen LogP contribution in [-0.2, 0) is 5.54 Å². The van der Waals surface area contributed by atoms with Gasteiger partial charge in [-0.2, -0.15) is 4.98 Å². The number of hydrogen-bond donors (Lipinski definition) is 2. The van der Waals surface area contributed by atoms with E-state index in [9.17, 15) is 5.11 Å². The van der Waals surface area contributed by atoms with Crippen molar-refractivity contribution < 1.29 is 9.63 Å². The molecular formula is C12H15N3O2. The molecule has 0 unspecified atom stereocenters. The molecule has 5 heteroatoms. The Morgan fingerprint density at radius 3 is 2.47 bits per heavy atom. The van der Waals surface area contributed by atoms with Gasteiger partial charge in [-0.3, -0.25) is 0 Å². The second-order valence-electron chi connectivity index (χ2n) is 4.35. The Morgan fingerprint density at radius 1 is 1.24 bits per heavy atom. The molecule has 0 spiro atoms. The van der Waals surface area contributed by atoms with E-state index < -0.39 is 0 Å². The number of aromatic hydroxyl groups is 1. The fourth-order valence-electron chi connectivity index (χ4n) is 1.31. The molecule has 0 aliphatic rings. The van der Waals surface area contributed by atoms with Gasteiger partial charge in [0, 0.05) is 5.56 Å². The summed E-state index contributed by atoms with van der Waals surface area (Å²) < 4.78 is 5.22. The Balaban J connectivity index is 2.33. The van der Waals surface area contributed by atoms with Gasteiger partial charge in [0.15, 0.2) is 0 Å². The molecular weight excluding hydrogens is 218 g/mol. The second-order valence-corrected chi connectivity index (χ2v) is 4.35. The number of benzene rings is 1. The standard InChI is InChI=1S/C12H15N3O2/c1-12(2,13-3)11-14-10(15-17-11)8-4-6-9(16)7-5-8/h4-7,13,16H,1-3H3. The Kier molecular flexibility index (Phi) is 2.85. The SMILES string of the molecule is CNC(C)(C)c1nc(-c2ccc(O)cc2)no1. The molecule has 1 aromatic carbocycles. The van der Waals surface area contributed by atoms with Crippen LogP contribution in [0.25, 0.3) is 11.4 Å². The predicted molar refractivity (Wildman–Crippen MR) is 63.5 cm³/mol. The molecule has 0 aliphatic heterocycles. The Labute approximate surface area is 99.5 Å². The van der Waals surface area contributed by atoms with Crippen molar-refractivity contribution in [2.45, 2.75) is 19.4 Å². The minimum absolute atomic E-state index is 0.216. The van der Waals surface area contributed by atoms with Crippen molar-refractivity contribution >= 4 is 0 Å². The number of aromatic nitrogens is 2. The van der Waals surface area contributed by atoms with Crippen LogP contribution in [0.2, 0.25) is 0 Å². The van der Waals surface area contributed by atoms with E-state index in [4.69, 9.17) is 4.52 Å². The summed E-state index contributed by atoms with van der Waals surface area (Å²) in [6, 6.07) is 6.68. The summed E-state index contributed by atoms with van der Waals surface area (Å²) in [6.45, 7) is 3.92. The molecule has 2 N–H and O–H groups in total. The summed E-state index contributed by atoms with van der Waals surface area (Å²) in [5.74, 6) is 1.26. The Bertz CT molecular complexity index is 503. The van der Waals surface area contributed by atoms with Crippen molar-refractivity contribution in [3.8, 4) is 17.1 Å². The minimum atomic E-state index is -0.359. The zero-order valence-electron chi connectivity index (χ0n) is 10.1. The number of nitrogens with one attached hydrogen (secondary N) is 1. The molecule has 17 heavy (non-hydrogen) atoms. The van der Waals surface area contributed by atoms with Crippen molar-refractivity contribution in [2.75, 3.05) is 7.05 Å². The van der Waals surface area contributed by atoms with Gasteiger partial charge in [0.05, 0.1) is 5.54 Å². The lowest BCUT2D eigenvalue weighted by Gasteiger charge is -2.17. The van der Waals surface area contributed by atoms with E-state index in [1.807, 2.05) is 20.9 Å². The van der Waals surface area contributed by atoms with Crippen LogP contribution in [0.1, 0.15) is 19.7 Å². The van der Waals surface area contributed by atoms with Gasteiger partial charge in [0.25, 0.3) is 0 Å². The van der Waals surface area contributed by atoms with Gasteiger partial charge in [-0.15, -0.1) is 0 Å². The quantitative estimate of drug-likeness (QED) is 0.847. The van der Waals surface area contributed by atoms with Gasteiger partial charge in [-0.25, -0.2) is 0 Å². The topological polar surface area (TPSA) is 71.2 Å². The van der Waals surface area contributed by atoms with Crippen molar-refractivity contribution in [3.63, 3.8) is 0 Å². The average Bonchev–Trinajstić information content (AvgIpc) is 2.80. The maximum absolute atomic E-state index is 9.20. The Hall–Kier alpha value is -1.88. The van der Waals surface area contributed by atoms with E-state index in [-0.39, 0.29) is 11.3 Å². The molecule has 1 heterocycles. The summed E-state index contributed by atoms with van der Waals surface area (Å²) in [7, 11) is 1.84. The van der Waals surface area contributed by atoms with Crippen LogP contribution in [0.15, 0.2) is 28.8 Å². The maximum Gasteiger partial charge on any atom is 0.246 e. The molecule has 0 bridgehead atoms. The molecule has 0 radical (unpaired) electrons. The molecule has 0 saturated heterocycles. The highest BCUT2D eigenvalue weighted by atomic mass is 16.5. The summed E-state index contributed by atoms with van der Waals surface area (Å²) in [6.07, 6.45) is 0. The number of nitrogens with zero attached hydrogens (tertiary/aromatic N) is 2. The monoisotopic (exact) mass is 233 g/mol. The lowest BCUT2D eigenvalue weighted by Crippen LogP contribution is -2.33. The molecule has 2 aromatic rings. The molecule has 0 fully saturated rings. The number of phenols is 1. The first kappa shape index (κ1) is 11.6. The minimum Gasteiger partial charge on any atom is -0.508 e. The number of phenolic OH excluding ortho intramolecular Hbond substituents is 1. The first-order chi connectivity index (χ1) is 8.03. The lowest BCUT2D eigenvalue weighted by molar-refractivity contribution is 0.281. The normalized spacial score (nSPS) is 11.7. The molecule has 0 saturated carbocycles. The van der Waals surface area contributed by atoms with Gasteiger partial charge in [0.2, 0.25) is 11.7 Å². The molecule has 0 amide bonds. The lowest BCUT2D eigenvalue weighted by atomic mass is 10.1. The molecule has 0 aliphatic carbocycles. The van der Waals surface area contributed by atoms with E-state index in [1.54, 1.807) is 24.3 Å². The summed E-state index contributed by atoms with van der Waals surface area (Å²) in [5, 5.41) is 16.2. The molecule has 90 valence electrons. The molecule has 2 rings (SSSR count). The number of hydrogen-bond acceptors (Lipinski definition) is 5. The van der Waals surface area contributed by atoms with E-state index >= 15 is 0 Å². The summed E-state index contributed by atoms with van der Waals surface area (Å²) in [5.41, 5.74) is 0.451. The largest absolute Gasteiger partial charge is 0.508 e. The average molecular weight is 233 g/mol. The van der Waals surface area contributed by atoms with Crippen molar-refractivity contribution in [1.82, 2.24) is 15.5 Å². The highest BCUT2D eigenvalue weighted by molar-refractivity contribution is 5.55. The van der Waals surface area contributed by atoms with E-state index in [2.05, 4.69) is 15.5 Å². The van der Waals surface area contributed by atoms with E-state index in [0.29, 0.717) is 11.7 Å². The highest BCUT2D eigenvalue weighted by Crippen LogP contribution is 2.23. The van der Waals surface area contributed by atoms with Crippen molar-refractivity contribution in [2.24, 2.45) is 0 Å². The smallest absolute Gasteiger partial charge is 0.246 e.